The Kier molecular flexibility index (Phi) is 6.24. The molecule has 0 spiro atoms. The van der Waals surface area contributed by atoms with Gasteiger partial charge in [-0.15, -0.1) is 0 Å². The second kappa shape index (κ2) is 8.18. The van der Waals surface area contributed by atoms with Gasteiger partial charge in [-0.1, -0.05) is 13.3 Å². The number of piperidine rings is 1. The second-order valence-corrected chi connectivity index (χ2v) is 6.02. The lowest BCUT2D eigenvalue weighted by Gasteiger charge is -2.33. The van der Waals surface area contributed by atoms with Crippen LogP contribution in [0.15, 0.2) is 24.3 Å². The van der Waals surface area contributed by atoms with Gasteiger partial charge >= 0.3 is 0 Å². The first-order valence-corrected chi connectivity index (χ1v) is 8.32. The zero-order valence-corrected chi connectivity index (χ0v) is 13.4. The van der Waals surface area contributed by atoms with Crippen LogP contribution in [0.4, 0.5) is 5.69 Å². The molecule has 3 heteroatoms. The molecule has 2 rings (SSSR count). The van der Waals surface area contributed by atoms with E-state index in [1.807, 2.05) is 31.2 Å². The van der Waals surface area contributed by atoms with Crippen LogP contribution in [0, 0.1) is 0 Å². The molecule has 1 aromatic carbocycles. The van der Waals surface area contributed by atoms with Gasteiger partial charge in [0.25, 0.3) is 0 Å². The van der Waals surface area contributed by atoms with Gasteiger partial charge in [0, 0.05) is 36.8 Å². The molecule has 0 amide bonds. The van der Waals surface area contributed by atoms with Crippen LogP contribution in [0.1, 0.15) is 56.3 Å². The summed E-state index contributed by atoms with van der Waals surface area (Å²) in [6.07, 6.45) is 5.82. The van der Waals surface area contributed by atoms with E-state index in [1.54, 1.807) is 0 Å². The van der Waals surface area contributed by atoms with Crippen LogP contribution in [-0.4, -0.2) is 36.4 Å². The molecule has 0 aliphatic carbocycles. The summed E-state index contributed by atoms with van der Waals surface area (Å²) in [7, 11) is 0. The summed E-state index contributed by atoms with van der Waals surface area (Å²) in [6.45, 7) is 7.67. The number of likely N-dealkylation sites (tertiary alicyclic amines) is 1. The van der Waals surface area contributed by atoms with E-state index in [2.05, 4.69) is 17.1 Å². The third-order valence-electron chi connectivity index (χ3n) is 4.42. The van der Waals surface area contributed by atoms with E-state index in [-0.39, 0.29) is 5.78 Å². The van der Waals surface area contributed by atoms with Crippen molar-refractivity contribution >= 4 is 11.5 Å². The third kappa shape index (κ3) is 4.85. The van der Waals surface area contributed by atoms with E-state index < -0.39 is 0 Å². The largest absolute Gasteiger partial charge is 0.385 e. The fourth-order valence-corrected chi connectivity index (χ4v) is 2.98. The van der Waals surface area contributed by atoms with Crippen LogP contribution in [0.5, 0.6) is 0 Å². The van der Waals surface area contributed by atoms with Gasteiger partial charge in [-0.05, 0) is 57.0 Å². The molecule has 0 aromatic heterocycles. The van der Waals surface area contributed by atoms with Gasteiger partial charge in [-0.3, -0.25) is 4.79 Å². The zero-order valence-electron chi connectivity index (χ0n) is 13.4. The van der Waals surface area contributed by atoms with E-state index in [9.17, 15) is 4.79 Å². The summed E-state index contributed by atoms with van der Waals surface area (Å²) in [5.74, 6) is 0.209. The maximum Gasteiger partial charge on any atom is 0.162 e. The van der Waals surface area contributed by atoms with Crippen molar-refractivity contribution in [3.05, 3.63) is 29.8 Å². The van der Waals surface area contributed by atoms with Gasteiger partial charge in [0.05, 0.1) is 0 Å². The van der Waals surface area contributed by atoms with Crippen molar-refractivity contribution < 1.29 is 4.79 Å². The molecule has 1 saturated heterocycles. The van der Waals surface area contributed by atoms with Crippen molar-refractivity contribution in [2.24, 2.45) is 0 Å². The Balaban J connectivity index is 1.69. The normalized spacial score (nSPS) is 19.4. The number of nitrogens with one attached hydrogen (secondary N) is 1. The number of carbonyl (C=O) groups is 1. The third-order valence-corrected chi connectivity index (χ3v) is 4.42. The first kappa shape index (κ1) is 16.0. The van der Waals surface area contributed by atoms with Gasteiger partial charge < -0.3 is 10.2 Å². The van der Waals surface area contributed by atoms with Crippen molar-refractivity contribution in [2.75, 3.05) is 25.0 Å². The highest BCUT2D eigenvalue weighted by atomic mass is 16.1. The summed E-state index contributed by atoms with van der Waals surface area (Å²) in [6, 6.07) is 8.60. The molecule has 1 aliphatic heterocycles. The molecule has 116 valence electrons. The van der Waals surface area contributed by atoms with Crippen molar-refractivity contribution in [1.82, 2.24) is 4.90 Å². The Morgan fingerprint density at radius 3 is 2.71 bits per heavy atom. The van der Waals surface area contributed by atoms with Gasteiger partial charge in [0.15, 0.2) is 5.78 Å². The van der Waals surface area contributed by atoms with E-state index in [4.69, 9.17) is 0 Å². The first-order chi connectivity index (χ1) is 10.2. The van der Waals surface area contributed by atoms with Crippen molar-refractivity contribution in [2.45, 2.75) is 52.0 Å². The number of Topliss-reactive ketones (excluding diaryl/α,β-unsaturated/α-hetero) is 1. The SMILES string of the molecule is CCC(=O)c1ccc(NCCCN2CCCCC2C)cc1. The van der Waals surface area contributed by atoms with E-state index in [1.165, 1.54) is 38.8 Å². The number of nitrogens with zero attached hydrogens (tertiary/aromatic N) is 1. The van der Waals surface area contributed by atoms with Crippen LogP contribution in [0.2, 0.25) is 0 Å². The number of ketones is 1. The quantitative estimate of drug-likeness (QED) is 0.609. The standard InChI is InChI=1S/C18H28N2O/c1-3-18(21)16-8-10-17(11-9-16)19-12-6-14-20-13-5-4-7-15(20)2/h8-11,15,19H,3-7,12-14H2,1-2H3. The fraction of sp³-hybridized carbons (Fsp3) is 0.611. The predicted octanol–water partition coefficient (Wildman–Crippen LogP) is 3.96. The monoisotopic (exact) mass is 288 g/mol. The molecule has 3 nitrogen and oxygen atoms in total. The lowest BCUT2D eigenvalue weighted by Crippen LogP contribution is -2.38. The number of rotatable bonds is 7. The molecular formula is C18H28N2O. The van der Waals surface area contributed by atoms with Gasteiger partial charge in [-0.25, -0.2) is 0 Å². The number of hydrogen-bond acceptors (Lipinski definition) is 3. The molecule has 1 N–H and O–H groups in total. The van der Waals surface area contributed by atoms with Crippen LogP contribution in [0.25, 0.3) is 0 Å². The zero-order chi connectivity index (χ0) is 15.1. The molecule has 0 saturated carbocycles. The van der Waals surface area contributed by atoms with E-state index in [0.29, 0.717) is 6.42 Å². The van der Waals surface area contributed by atoms with Crippen LogP contribution < -0.4 is 5.32 Å². The van der Waals surface area contributed by atoms with Crippen LogP contribution in [-0.2, 0) is 0 Å². The molecule has 0 radical (unpaired) electrons. The minimum atomic E-state index is 0.209. The molecule has 1 heterocycles. The minimum absolute atomic E-state index is 0.209. The Morgan fingerprint density at radius 1 is 1.29 bits per heavy atom. The summed E-state index contributed by atoms with van der Waals surface area (Å²) >= 11 is 0. The van der Waals surface area contributed by atoms with Crippen LogP contribution in [0.3, 0.4) is 0 Å². The lowest BCUT2D eigenvalue weighted by atomic mass is 10.0. The predicted molar refractivity (Wildman–Crippen MR) is 89.1 cm³/mol. The summed E-state index contributed by atoms with van der Waals surface area (Å²) < 4.78 is 0. The molecule has 0 bridgehead atoms. The highest BCUT2D eigenvalue weighted by molar-refractivity contribution is 5.96. The average Bonchev–Trinajstić information content (AvgIpc) is 2.53. The number of hydrogen-bond donors (Lipinski definition) is 1. The van der Waals surface area contributed by atoms with E-state index >= 15 is 0 Å². The number of carbonyl (C=O) groups excluding carboxylic acids is 1. The Hall–Kier alpha value is -1.35. The Bertz CT molecular complexity index is 441. The maximum atomic E-state index is 11.6. The summed E-state index contributed by atoms with van der Waals surface area (Å²) in [4.78, 5) is 14.2. The molecule has 1 atom stereocenters. The van der Waals surface area contributed by atoms with Crippen molar-refractivity contribution in [3.63, 3.8) is 0 Å². The molecule has 1 aliphatic rings. The smallest absolute Gasteiger partial charge is 0.162 e. The maximum absolute atomic E-state index is 11.6. The van der Waals surface area contributed by atoms with Crippen molar-refractivity contribution in [1.29, 1.82) is 0 Å². The molecule has 1 aromatic rings. The molecule has 21 heavy (non-hydrogen) atoms. The Labute approximate surface area is 128 Å². The van der Waals surface area contributed by atoms with Crippen molar-refractivity contribution in [3.8, 4) is 0 Å². The highest BCUT2D eigenvalue weighted by Crippen LogP contribution is 2.16. The Morgan fingerprint density at radius 2 is 2.05 bits per heavy atom. The van der Waals surface area contributed by atoms with E-state index in [0.717, 1.165) is 23.8 Å². The second-order valence-electron chi connectivity index (χ2n) is 6.02. The van der Waals surface area contributed by atoms with Crippen LogP contribution >= 0.6 is 0 Å². The highest BCUT2D eigenvalue weighted by Gasteiger charge is 2.16. The molecule has 1 unspecified atom stereocenters. The minimum Gasteiger partial charge on any atom is -0.385 e. The lowest BCUT2D eigenvalue weighted by molar-refractivity contribution is 0.0988. The summed E-state index contributed by atoms with van der Waals surface area (Å²) in [5.41, 5.74) is 1.92. The van der Waals surface area contributed by atoms with Gasteiger partial charge in [-0.2, -0.15) is 0 Å². The van der Waals surface area contributed by atoms with Gasteiger partial charge in [0.2, 0.25) is 0 Å². The number of anilines is 1. The number of benzene rings is 1. The first-order valence-electron chi connectivity index (χ1n) is 8.32. The average molecular weight is 288 g/mol. The van der Waals surface area contributed by atoms with Gasteiger partial charge in [0.1, 0.15) is 0 Å². The fourth-order valence-electron chi connectivity index (χ4n) is 2.98. The molecule has 1 fully saturated rings. The summed E-state index contributed by atoms with van der Waals surface area (Å²) in [5, 5.41) is 3.45. The topological polar surface area (TPSA) is 32.3 Å². The molecular weight excluding hydrogens is 260 g/mol.